The van der Waals surface area contributed by atoms with Gasteiger partial charge in [-0.1, -0.05) is 25.1 Å². The number of hydrogen-bond acceptors (Lipinski definition) is 7. The predicted octanol–water partition coefficient (Wildman–Crippen LogP) is 3.88. The number of hydrogen-bond donors (Lipinski definition) is 0. The topological polar surface area (TPSA) is 99.2 Å². The molecule has 3 rings (SSSR count). The van der Waals surface area contributed by atoms with E-state index in [0.717, 1.165) is 24.0 Å². The summed E-state index contributed by atoms with van der Waals surface area (Å²) in [4.78, 5) is 45.4. The molecule has 0 saturated carbocycles. The normalized spacial score (nSPS) is 19.1. The molecule has 15 heteroatoms. The van der Waals surface area contributed by atoms with Crippen molar-refractivity contribution in [2.24, 2.45) is 5.92 Å². The Kier molecular flexibility index (Phi) is 10.2. The monoisotopic (exact) mass is 561 g/mol. The number of halogens is 7. The first kappa shape index (κ1) is 30.2. The zero-order valence-electron chi connectivity index (χ0n) is 19.3. The maximum absolute atomic E-state index is 12.5. The third kappa shape index (κ3) is 9.41. The Morgan fingerprint density at radius 3 is 2.16 bits per heavy atom. The lowest BCUT2D eigenvalue weighted by Gasteiger charge is -2.38. The number of piperidine rings is 1. The lowest BCUT2D eigenvalue weighted by molar-refractivity contribution is -0.190. The van der Waals surface area contributed by atoms with E-state index in [4.69, 9.17) is 4.74 Å². The van der Waals surface area contributed by atoms with Crippen LogP contribution in [0.1, 0.15) is 36.9 Å². The van der Waals surface area contributed by atoms with Crippen LogP contribution >= 0.6 is 11.6 Å². The molecule has 0 radical (unpaired) electrons. The molecule has 2 aliphatic heterocycles. The van der Waals surface area contributed by atoms with Gasteiger partial charge in [0.15, 0.2) is 13.2 Å². The Balaban J connectivity index is 0.000000371. The van der Waals surface area contributed by atoms with Gasteiger partial charge in [-0.2, -0.15) is 26.3 Å². The first-order valence-corrected chi connectivity index (χ1v) is 11.2. The van der Waals surface area contributed by atoms with Gasteiger partial charge in [-0.15, -0.1) is 0 Å². The third-order valence-corrected chi connectivity index (χ3v) is 5.41. The summed E-state index contributed by atoms with van der Waals surface area (Å²) in [5.41, 5.74) is 1.83. The van der Waals surface area contributed by atoms with Crippen molar-refractivity contribution in [2.75, 3.05) is 26.4 Å². The van der Waals surface area contributed by atoms with Gasteiger partial charge in [-0.3, -0.25) is 9.59 Å². The molecule has 0 N–H and O–H groups in total. The number of ether oxygens (including phenoxy) is 3. The number of rotatable bonds is 4. The van der Waals surface area contributed by atoms with Crippen LogP contribution in [0.5, 0.6) is 5.75 Å². The van der Waals surface area contributed by atoms with Gasteiger partial charge in [0, 0.05) is 18.5 Å². The van der Waals surface area contributed by atoms with Crippen LogP contribution in [0.15, 0.2) is 18.2 Å². The number of carbonyl (C=O) groups is 4. The van der Waals surface area contributed by atoms with Crippen molar-refractivity contribution >= 4 is 34.7 Å². The highest BCUT2D eigenvalue weighted by Crippen LogP contribution is 2.41. The maximum atomic E-state index is 12.5. The van der Waals surface area contributed by atoms with Crippen molar-refractivity contribution < 1.29 is 59.7 Å². The predicted molar refractivity (Wildman–Crippen MR) is 113 cm³/mol. The summed E-state index contributed by atoms with van der Waals surface area (Å²) >= 11 is 4.48. The first-order chi connectivity index (χ1) is 17.1. The molecule has 0 spiro atoms. The Bertz CT molecular complexity index is 1010. The molecule has 1 saturated heterocycles. The summed E-state index contributed by atoms with van der Waals surface area (Å²) in [5, 5.41) is -1.57. The largest absolute Gasteiger partial charge is 0.493 e. The fraction of sp³-hybridized carbons (Fsp3) is 0.545. The number of likely N-dealkylation sites (tertiary alicyclic amines) is 1. The highest BCUT2D eigenvalue weighted by atomic mass is 35.5. The SMILES string of the molecule is C[C@H]1CC[C@H](c2cccc3c2OCC3)N(C(=O)C(=O)OCC(F)(F)F)C1.O=C(Cl)C(=O)OCC(F)(F)F. The van der Waals surface area contributed by atoms with Crippen molar-refractivity contribution in [2.45, 2.75) is 44.6 Å². The molecule has 2 heterocycles. The van der Waals surface area contributed by atoms with Crippen molar-refractivity contribution in [3.63, 3.8) is 0 Å². The molecule has 2 atom stereocenters. The smallest absolute Gasteiger partial charge is 0.422 e. The quantitative estimate of drug-likeness (QED) is 0.238. The molecule has 206 valence electrons. The zero-order chi connectivity index (χ0) is 28.0. The second-order valence-corrected chi connectivity index (χ2v) is 8.59. The third-order valence-electron chi connectivity index (χ3n) is 5.25. The van der Waals surface area contributed by atoms with Gasteiger partial charge in [-0.25, -0.2) is 9.59 Å². The van der Waals surface area contributed by atoms with E-state index in [-0.39, 0.29) is 12.5 Å². The van der Waals surface area contributed by atoms with Crippen LogP contribution in [-0.2, 0) is 35.1 Å². The van der Waals surface area contributed by atoms with Gasteiger partial charge < -0.3 is 19.1 Å². The molecule has 0 aliphatic carbocycles. The van der Waals surface area contributed by atoms with E-state index in [1.807, 2.05) is 25.1 Å². The van der Waals surface area contributed by atoms with Crippen LogP contribution in [-0.4, -0.2) is 66.7 Å². The average molecular weight is 562 g/mol. The fourth-order valence-corrected chi connectivity index (χ4v) is 3.79. The summed E-state index contributed by atoms with van der Waals surface area (Å²) in [5.74, 6) is -3.36. The zero-order valence-corrected chi connectivity index (χ0v) is 20.0. The van der Waals surface area contributed by atoms with E-state index in [1.165, 1.54) is 4.90 Å². The van der Waals surface area contributed by atoms with Crippen LogP contribution in [0, 0.1) is 5.92 Å². The number of amides is 1. The number of nitrogens with zero attached hydrogens (tertiary/aromatic N) is 1. The van der Waals surface area contributed by atoms with Crippen molar-refractivity contribution in [1.82, 2.24) is 4.90 Å². The summed E-state index contributed by atoms with van der Waals surface area (Å²) in [6.45, 7) is -0.797. The second-order valence-electron chi connectivity index (χ2n) is 8.25. The Labute approximate surface area is 211 Å². The van der Waals surface area contributed by atoms with Crippen LogP contribution in [0.25, 0.3) is 0 Å². The van der Waals surface area contributed by atoms with Crippen LogP contribution in [0.4, 0.5) is 26.3 Å². The summed E-state index contributed by atoms with van der Waals surface area (Å²) < 4.78 is 83.8. The number of benzene rings is 1. The molecule has 1 aromatic rings. The molecule has 8 nitrogen and oxygen atoms in total. The van der Waals surface area contributed by atoms with Gasteiger partial charge in [0.05, 0.1) is 12.6 Å². The van der Waals surface area contributed by atoms with Gasteiger partial charge in [0.1, 0.15) is 5.75 Å². The van der Waals surface area contributed by atoms with Gasteiger partial charge in [0.25, 0.3) is 0 Å². The first-order valence-electron chi connectivity index (χ1n) is 10.8. The van der Waals surface area contributed by atoms with E-state index in [0.29, 0.717) is 18.8 Å². The van der Waals surface area contributed by atoms with E-state index >= 15 is 0 Å². The molecule has 1 amide bonds. The molecule has 2 aliphatic rings. The van der Waals surface area contributed by atoms with Crippen molar-refractivity contribution in [1.29, 1.82) is 0 Å². The van der Waals surface area contributed by atoms with E-state index < -0.39 is 54.7 Å². The molecule has 1 aromatic carbocycles. The number of esters is 2. The minimum atomic E-state index is -4.67. The average Bonchev–Trinajstić information content (AvgIpc) is 3.29. The lowest BCUT2D eigenvalue weighted by Crippen LogP contribution is -2.45. The van der Waals surface area contributed by atoms with E-state index in [2.05, 4.69) is 21.1 Å². The molecule has 0 unspecified atom stereocenters. The van der Waals surface area contributed by atoms with E-state index in [1.54, 1.807) is 0 Å². The summed E-state index contributed by atoms with van der Waals surface area (Å²) in [6.07, 6.45) is -7.08. The van der Waals surface area contributed by atoms with Crippen LogP contribution in [0.3, 0.4) is 0 Å². The van der Waals surface area contributed by atoms with Crippen LogP contribution in [0.2, 0.25) is 0 Å². The Morgan fingerprint density at radius 1 is 1.00 bits per heavy atom. The molecular weight excluding hydrogens is 540 g/mol. The van der Waals surface area contributed by atoms with E-state index in [9.17, 15) is 45.5 Å². The summed E-state index contributed by atoms with van der Waals surface area (Å²) in [7, 11) is 0. The van der Waals surface area contributed by atoms with Crippen LogP contribution < -0.4 is 4.74 Å². The minimum absolute atomic E-state index is 0.142. The summed E-state index contributed by atoms with van der Waals surface area (Å²) in [6, 6.07) is 5.24. The lowest BCUT2D eigenvalue weighted by atomic mass is 9.88. The molecule has 37 heavy (non-hydrogen) atoms. The van der Waals surface area contributed by atoms with Gasteiger partial charge in [0.2, 0.25) is 0 Å². The molecule has 0 aromatic heterocycles. The molecule has 1 fully saturated rings. The highest BCUT2D eigenvalue weighted by molar-refractivity contribution is 6.80. The highest BCUT2D eigenvalue weighted by Gasteiger charge is 2.39. The van der Waals surface area contributed by atoms with Gasteiger partial charge in [-0.05, 0) is 35.9 Å². The molecular formula is C22H22ClF6NO7. The van der Waals surface area contributed by atoms with Gasteiger partial charge >= 0.3 is 35.4 Å². The number of para-hydroxylation sites is 1. The maximum Gasteiger partial charge on any atom is 0.422 e. The standard InChI is InChI=1S/C18H20F3NO4.C4H2ClF3O3/c1-11-5-6-14(13-4-2-3-12-7-8-25-15(12)13)22(9-11)16(23)17(24)26-10-18(19,20)21;5-2(9)3(10)11-1-4(6,7)8/h2-4,11,14H,5-10H2,1H3;1H2/t11-,14+;/m0./s1. The minimum Gasteiger partial charge on any atom is -0.493 e. The Hall–Kier alpha value is -3.03. The number of fused-ring (bicyclic) bond motifs is 1. The molecule has 0 bridgehead atoms. The fourth-order valence-electron chi connectivity index (χ4n) is 3.73. The van der Waals surface area contributed by atoms with Crippen molar-refractivity contribution in [3.05, 3.63) is 29.3 Å². The van der Waals surface area contributed by atoms with Crippen molar-refractivity contribution in [3.8, 4) is 5.75 Å². The number of alkyl halides is 6. The second kappa shape index (κ2) is 12.5. The Morgan fingerprint density at radius 2 is 1.59 bits per heavy atom. The number of carbonyl (C=O) groups excluding carboxylic acids is 4.